The van der Waals surface area contributed by atoms with Crippen LogP contribution in [0.1, 0.15) is 50.5 Å². The molecule has 0 atom stereocenters. The minimum atomic E-state index is -0.801. The summed E-state index contributed by atoms with van der Waals surface area (Å²) in [7, 11) is 1.61. The Morgan fingerprint density at radius 3 is 2.57 bits per heavy atom. The fraction of sp³-hybridized carbons (Fsp3) is 0.611. The molecule has 2 fully saturated rings. The van der Waals surface area contributed by atoms with Gasteiger partial charge in [0.15, 0.2) is 11.5 Å². The fourth-order valence-electron chi connectivity index (χ4n) is 3.42. The van der Waals surface area contributed by atoms with Crippen molar-refractivity contribution in [1.29, 1.82) is 0 Å². The van der Waals surface area contributed by atoms with Gasteiger partial charge in [-0.25, -0.2) is 0 Å². The van der Waals surface area contributed by atoms with Crippen molar-refractivity contribution >= 4 is 21.9 Å². The lowest BCUT2D eigenvalue weighted by Crippen LogP contribution is -2.37. The summed E-state index contributed by atoms with van der Waals surface area (Å²) in [5, 5.41) is 9.89. The smallest absolute Gasteiger partial charge is 0.314 e. The van der Waals surface area contributed by atoms with Crippen LogP contribution in [0.2, 0.25) is 0 Å². The largest absolute Gasteiger partial charge is 0.492 e. The Kier molecular flexibility index (Phi) is 4.85. The van der Waals surface area contributed by atoms with Crippen LogP contribution in [0.4, 0.5) is 0 Å². The van der Waals surface area contributed by atoms with Crippen molar-refractivity contribution in [2.24, 2.45) is 5.92 Å². The van der Waals surface area contributed by atoms with E-state index in [1.165, 1.54) is 12.8 Å². The molecule has 1 aromatic rings. The monoisotopic (exact) mass is 382 g/mol. The molecule has 0 spiro atoms. The van der Waals surface area contributed by atoms with Crippen LogP contribution in [0.25, 0.3) is 0 Å². The van der Waals surface area contributed by atoms with Crippen LogP contribution in [0.5, 0.6) is 11.5 Å². The molecule has 0 saturated heterocycles. The first-order valence-corrected chi connectivity index (χ1v) is 9.10. The Hall–Kier alpha value is -1.23. The molecule has 0 unspecified atom stereocenters. The fourth-order valence-corrected chi connectivity index (χ4v) is 4.03. The molecule has 0 aromatic heterocycles. The number of carboxylic acids is 1. The summed E-state index contributed by atoms with van der Waals surface area (Å²) in [6.45, 7) is 0.673. The minimum absolute atomic E-state index is 0.630. The van der Waals surface area contributed by atoms with Crippen molar-refractivity contribution in [3.8, 4) is 11.5 Å². The van der Waals surface area contributed by atoms with E-state index >= 15 is 0 Å². The van der Waals surface area contributed by atoms with Crippen molar-refractivity contribution in [3.63, 3.8) is 0 Å². The van der Waals surface area contributed by atoms with E-state index in [4.69, 9.17) is 9.47 Å². The maximum absolute atomic E-state index is 12.0. The summed E-state index contributed by atoms with van der Waals surface area (Å²) in [5.74, 6) is 1.19. The van der Waals surface area contributed by atoms with Crippen LogP contribution in [0.15, 0.2) is 16.6 Å². The van der Waals surface area contributed by atoms with Gasteiger partial charge in [-0.2, -0.15) is 0 Å². The van der Waals surface area contributed by atoms with E-state index in [1.807, 2.05) is 12.1 Å². The molecule has 5 heteroatoms. The van der Waals surface area contributed by atoms with Gasteiger partial charge in [0, 0.05) is 0 Å². The van der Waals surface area contributed by atoms with Crippen LogP contribution in [-0.2, 0) is 10.2 Å². The van der Waals surface area contributed by atoms with Crippen molar-refractivity contribution in [1.82, 2.24) is 0 Å². The van der Waals surface area contributed by atoms with Gasteiger partial charge in [0.05, 0.1) is 23.6 Å². The van der Waals surface area contributed by atoms with Crippen molar-refractivity contribution in [3.05, 3.63) is 22.2 Å². The molecule has 1 aromatic carbocycles. The number of benzene rings is 1. The van der Waals surface area contributed by atoms with E-state index < -0.39 is 11.4 Å². The van der Waals surface area contributed by atoms with Gasteiger partial charge in [0.2, 0.25) is 0 Å². The molecule has 1 N–H and O–H groups in total. The zero-order valence-electron chi connectivity index (χ0n) is 13.4. The lowest BCUT2D eigenvalue weighted by Gasteiger charge is -2.34. The highest BCUT2D eigenvalue weighted by Gasteiger charge is 2.42. The average Bonchev–Trinajstić information content (AvgIpc) is 3.37. The van der Waals surface area contributed by atoms with Gasteiger partial charge in [-0.05, 0) is 65.2 Å². The third kappa shape index (κ3) is 3.35. The number of halogens is 1. The molecule has 0 bridgehead atoms. The molecule has 126 valence electrons. The minimum Gasteiger partial charge on any atom is -0.492 e. The second-order valence-corrected chi connectivity index (χ2v) is 7.55. The van der Waals surface area contributed by atoms with Gasteiger partial charge < -0.3 is 14.6 Å². The zero-order valence-corrected chi connectivity index (χ0v) is 15.0. The standard InChI is InChI=1S/C18H23BrO4/c1-22-16-14(19)9-13(10-15(16)23-11-12-5-6-12)18(17(20)21)7-3-2-4-8-18/h9-10,12H,2-8,11H2,1H3,(H,20,21). The summed E-state index contributed by atoms with van der Waals surface area (Å²) in [4.78, 5) is 12.0. The molecule has 0 amide bonds. The van der Waals surface area contributed by atoms with Gasteiger partial charge in [-0.1, -0.05) is 19.3 Å². The highest BCUT2D eigenvalue weighted by Crippen LogP contribution is 2.46. The normalized spacial score (nSPS) is 20.1. The van der Waals surface area contributed by atoms with Gasteiger partial charge in [-0.3, -0.25) is 4.79 Å². The van der Waals surface area contributed by atoms with E-state index in [-0.39, 0.29) is 0 Å². The second kappa shape index (κ2) is 6.71. The van der Waals surface area contributed by atoms with Gasteiger partial charge in [-0.15, -0.1) is 0 Å². The summed E-state index contributed by atoms with van der Waals surface area (Å²) in [6, 6.07) is 3.77. The predicted molar refractivity (Wildman–Crippen MR) is 91.3 cm³/mol. The third-order valence-electron chi connectivity index (χ3n) is 5.05. The number of hydrogen-bond donors (Lipinski definition) is 1. The first-order chi connectivity index (χ1) is 11.1. The van der Waals surface area contributed by atoms with Gasteiger partial charge in [0.25, 0.3) is 0 Å². The molecular weight excluding hydrogens is 360 g/mol. The molecular formula is C18H23BrO4. The molecule has 3 rings (SSSR count). The lowest BCUT2D eigenvalue weighted by molar-refractivity contribution is -0.145. The number of carboxylic acid groups (broad SMARTS) is 1. The summed E-state index contributed by atoms with van der Waals surface area (Å²) < 4.78 is 12.1. The molecule has 23 heavy (non-hydrogen) atoms. The lowest BCUT2D eigenvalue weighted by atomic mass is 9.69. The van der Waals surface area contributed by atoms with E-state index in [9.17, 15) is 9.90 Å². The zero-order chi connectivity index (χ0) is 16.4. The number of ether oxygens (including phenoxy) is 2. The Balaban J connectivity index is 1.98. The molecule has 0 aliphatic heterocycles. The highest BCUT2D eigenvalue weighted by molar-refractivity contribution is 9.10. The van der Waals surface area contributed by atoms with E-state index in [2.05, 4.69) is 15.9 Å². The van der Waals surface area contributed by atoms with Gasteiger partial charge in [0.1, 0.15) is 0 Å². The second-order valence-electron chi connectivity index (χ2n) is 6.69. The van der Waals surface area contributed by atoms with Crippen LogP contribution in [0.3, 0.4) is 0 Å². The van der Waals surface area contributed by atoms with E-state index in [0.717, 1.165) is 29.3 Å². The summed E-state index contributed by atoms with van der Waals surface area (Å²) >= 11 is 3.52. The molecule has 0 radical (unpaired) electrons. The van der Waals surface area contributed by atoms with Crippen LogP contribution >= 0.6 is 15.9 Å². The van der Waals surface area contributed by atoms with Crippen LogP contribution < -0.4 is 9.47 Å². The first-order valence-electron chi connectivity index (χ1n) is 8.31. The molecule has 2 aliphatic rings. The Morgan fingerprint density at radius 2 is 2.00 bits per heavy atom. The highest BCUT2D eigenvalue weighted by atomic mass is 79.9. The van der Waals surface area contributed by atoms with E-state index in [1.54, 1.807) is 7.11 Å². The van der Waals surface area contributed by atoms with Crippen LogP contribution in [-0.4, -0.2) is 24.8 Å². The quantitative estimate of drug-likeness (QED) is 0.784. The maximum Gasteiger partial charge on any atom is 0.314 e. The summed E-state index contributed by atoms with van der Waals surface area (Å²) in [6.07, 6.45) is 6.80. The predicted octanol–water partition coefficient (Wildman–Crippen LogP) is 4.53. The topological polar surface area (TPSA) is 55.8 Å². The third-order valence-corrected chi connectivity index (χ3v) is 5.64. The first kappa shape index (κ1) is 16.6. The van der Waals surface area contributed by atoms with Crippen molar-refractivity contribution < 1.29 is 19.4 Å². The van der Waals surface area contributed by atoms with E-state index in [0.29, 0.717) is 36.9 Å². The molecule has 2 saturated carbocycles. The number of hydrogen-bond acceptors (Lipinski definition) is 3. The number of carbonyl (C=O) groups is 1. The number of aliphatic carboxylic acids is 1. The molecule has 4 nitrogen and oxygen atoms in total. The maximum atomic E-state index is 12.0. The Bertz CT molecular complexity index is 589. The van der Waals surface area contributed by atoms with Crippen molar-refractivity contribution in [2.75, 3.05) is 13.7 Å². The summed E-state index contributed by atoms with van der Waals surface area (Å²) in [5.41, 5.74) is 0.0215. The average molecular weight is 383 g/mol. The van der Waals surface area contributed by atoms with Crippen molar-refractivity contribution in [2.45, 2.75) is 50.4 Å². The van der Waals surface area contributed by atoms with Gasteiger partial charge >= 0.3 is 5.97 Å². The molecule has 0 heterocycles. The molecule has 2 aliphatic carbocycles. The Morgan fingerprint density at radius 1 is 1.30 bits per heavy atom. The number of methoxy groups -OCH3 is 1. The number of rotatable bonds is 6. The van der Waals surface area contributed by atoms with Crippen LogP contribution in [0, 0.1) is 5.92 Å². The SMILES string of the molecule is COc1c(Br)cc(C2(C(=O)O)CCCCC2)cc1OCC1CC1. The Labute approximate surface area is 145 Å².